The van der Waals surface area contributed by atoms with Gasteiger partial charge in [0.2, 0.25) is 5.91 Å². The van der Waals surface area contributed by atoms with Crippen molar-refractivity contribution in [3.63, 3.8) is 0 Å². The van der Waals surface area contributed by atoms with E-state index in [1.807, 2.05) is 6.07 Å². The van der Waals surface area contributed by atoms with Gasteiger partial charge in [0.25, 0.3) is 5.91 Å². The van der Waals surface area contributed by atoms with Crippen molar-refractivity contribution >= 4 is 23.4 Å². The third-order valence-electron chi connectivity index (χ3n) is 2.63. The molecule has 0 aromatic heterocycles. The second-order valence-corrected chi connectivity index (χ2v) is 4.42. The molecule has 1 atom stereocenters. The van der Waals surface area contributed by atoms with Gasteiger partial charge in [-0.3, -0.25) is 14.5 Å². The summed E-state index contributed by atoms with van der Waals surface area (Å²) in [4.78, 5) is 24.9. The molecule has 0 radical (unpaired) electrons. The van der Waals surface area contributed by atoms with Crippen LogP contribution in [0.1, 0.15) is 23.2 Å². The number of carbonyl (C=O) groups excluding carboxylic acids is 2. The molecule has 1 aromatic rings. The zero-order valence-electron chi connectivity index (χ0n) is 8.73. The lowest BCUT2D eigenvalue weighted by atomic mass is 10.1. The molecule has 0 spiro atoms. The van der Waals surface area contributed by atoms with E-state index in [9.17, 15) is 9.59 Å². The van der Waals surface area contributed by atoms with Crippen molar-refractivity contribution in [1.29, 1.82) is 0 Å². The second-order valence-electron chi connectivity index (χ2n) is 3.81. The number of benzene rings is 1. The van der Waals surface area contributed by atoms with Crippen LogP contribution < -0.4 is 0 Å². The summed E-state index contributed by atoms with van der Waals surface area (Å²) in [7, 11) is 0. The fourth-order valence-corrected chi connectivity index (χ4v) is 1.98. The number of hydrogen-bond acceptors (Lipinski definition) is 2. The monoisotopic (exact) mass is 237 g/mol. The Morgan fingerprint density at radius 1 is 1.31 bits per heavy atom. The maximum atomic E-state index is 12.0. The number of hydrogen-bond donors (Lipinski definition) is 0. The molecule has 3 nitrogen and oxygen atoms in total. The molecule has 0 bridgehead atoms. The molecule has 1 aromatic carbocycles. The summed E-state index contributed by atoms with van der Waals surface area (Å²) in [6.07, 6.45) is 0.923. The predicted molar refractivity (Wildman–Crippen MR) is 61.4 cm³/mol. The van der Waals surface area contributed by atoms with Gasteiger partial charge in [-0.05, 0) is 18.6 Å². The Kier molecular flexibility index (Phi) is 3.25. The minimum atomic E-state index is -0.228. The van der Waals surface area contributed by atoms with Crippen molar-refractivity contribution in [3.05, 3.63) is 35.9 Å². The summed E-state index contributed by atoms with van der Waals surface area (Å²) in [6.45, 7) is 0.417. The molecule has 0 aliphatic carbocycles. The molecule has 1 aliphatic heterocycles. The summed E-state index contributed by atoms with van der Waals surface area (Å²) >= 11 is 5.87. The maximum Gasteiger partial charge on any atom is 0.260 e. The number of piperidine rings is 1. The van der Waals surface area contributed by atoms with E-state index >= 15 is 0 Å². The van der Waals surface area contributed by atoms with Crippen LogP contribution in [-0.2, 0) is 4.79 Å². The number of carbonyl (C=O) groups is 2. The Morgan fingerprint density at radius 2 is 2.00 bits per heavy atom. The van der Waals surface area contributed by atoms with E-state index in [4.69, 9.17) is 11.6 Å². The molecule has 0 saturated carbocycles. The van der Waals surface area contributed by atoms with Crippen molar-refractivity contribution < 1.29 is 9.59 Å². The summed E-state index contributed by atoms with van der Waals surface area (Å²) in [5.41, 5.74) is 0.545. The Balaban J connectivity index is 2.14. The molecule has 2 amide bonds. The van der Waals surface area contributed by atoms with Crippen LogP contribution in [0.25, 0.3) is 0 Å². The van der Waals surface area contributed by atoms with Gasteiger partial charge in [-0.2, -0.15) is 0 Å². The predicted octanol–water partition coefficient (Wildman–Crippen LogP) is 2.06. The SMILES string of the molecule is O=C1CC(Cl)CCN1C(=O)c1ccccc1. The standard InChI is InChI=1S/C12H12ClNO2/c13-10-6-7-14(11(15)8-10)12(16)9-4-2-1-3-5-9/h1-5,10H,6-8H2. The van der Waals surface area contributed by atoms with Gasteiger partial charge in [0, 0.05) is 23.9 Å². The van der Waals surface area contributed by atoms with Crippen LogP contribution in [0.5, 0.6) is 0 Å². The van der Waals surface area contributed by atoms with Crippen molar-refractivity contribution in [2.75, 3.05) is 6.54 Å². The fourth-order valence-electron chi connectivity index (χ4n) is 1.75. The minimum Gasteiger partial charge on any atom is -0.278 e. The first-order chi connectivity index (χ1) is 7.68. The van der Waals surface area contributed by atoms with E-state index in [1.54, 1.807) is 24.3 Å². The van der Waals surface area contributed by atoms with Crippen molar-refractivity contribution in [3.8, 4) is 0 Å². The van der Waals surface area contributed by atoms with E-state index in [0.717, 1.165) is 0 Å². The second kappa shape index (κ2) is 4.66. The summed E-state index contributed by atoms with van der Waals surface area (Å²) in [6, 6.07) is 8.83. The van der Waals surface area contributed by atoms with E-state index in [-0.39, 0.29) is 23.6 Å². The summed E-state index contributed by atoms with van der Waals surface area (Å²) in [5.74, 6) is -0.408. The van der Waals surface area contributed by atoms with Crippen LogP contribution in [0.15, 0.2) is 30.3 Å². The largest absolute Gasteiger partial charge is 0.278 e. The molecule has 1 fully saturated rings. The number of likely N-dealkylation sites (tertiary alicyclic amines) is 1. The van der Waals surface area contributed by atoms with Gasteiger partial charge in [0.1, 0.15) is 0 Å². The number of nitrogens with zero attached hydrogens (tertiary/aromatic N) is 1. The Hall–Kier alpha value is -1.35. The lowest BCUT2D eigenvalue weighted by molar-refractivity contribution is -0.130. The zero-order chi connectivity index (χ0) is 11.5. The average Bonchev–Trinajstić information content (AvgIpc) is 2.29. The lowest BCUT2D eigenvalue weighted by Gasteiger charge is -2.27. The van der Waals surface area contributed by atoms with Gasteiger partial charge in [0.15, 0.2) is 0 Å². The summed E-state index contributed by atoms with van der Waals surface area (Å²) in [5, 5.41) is -0.132. The van der Waals surface area contributed by atoms with E-state index < -0.39 is 0 Å². The third kappa shape index (κ3) is 2.25. The fraction of sp³-hybridized carbons (Fsp3) is 0.333. The van der Waals surface area contributed by atoms with E-state index in [2.05, 4.69) is 0 Å². The molecule has 16 heavy (non-hydrogen) atoms. The van der Waals surface area contributed by atoms with Gasteiger partial charge in [-0.1, -0.05) is 18.2 Å². The van der Waals surface area contributed by atoms with Crippen LogP contribution in [0.3, 0.4) is 0 Å². The van der Waals surface area contributed by atoms with Gasteiger partial charge >= 0.3 is 0 Å². The van der Waals surface area contributed by atoms with E-state index in [1.165, 1.54) is 4.90 Å². The van der Waals surface area contributed by atoms with Gasteiger partial charge in [-0.25, -0.2) is 0 Å². The zero-order valence-corrected chi connectivity index (χ0v) is 9.48. The highest BCUT2D eigenvalue weighted by atomic mass is 35.5. The van der Waals surface area contributed by atoms with Crippen molar-refractivity contribution in [2.45, 2.75) is 18.2 Å². The molecular weight excluding hydrogens is 226 g/mol. The van der Waals surface area contributed by atoms with Gasteiger partial charge in [0.05, 0.1) is 0 Å². The molecular formula is C12H12ClNO2. The number of rotatable bonds is 1. The first-order valence-corrected chi connectivity index (χ1v) is 5.66. The quantitative estimate of drug-likeness (QED) is 0.554. The molecule has 0 N–H and O–H groups in total. The maximum absolute atomic E-state index is 12.0. The number of halogens is 1. The lowest BCUT2D eigenvalue weighted by Crippen LogP contribution is -2.43. The normalized spacial score (nSPS) is 20.9. The Labute approximate surface area is 99.0 Å². The minimum absolute atomic E-state index is 0.132. The average molecular weight is 238 g/mol. The van der Waals surface area contributed by atoms with Crippen LogP contribution in [0, 0.1) is 0 Å². The van der Waals surface area contributed by atoms with Gasteiger partial charge in [-0.15, -0.1) is 11.6 Å². The highest BCUT2D eigenvalue weighted by Gasteiger charge is 2.29. The first kappa shape index (κ1) is 11.1. The number of amides is 2. The number of alkyl halides is 1. The van der Waals surface area contributed by atoms with E-state index in [0.29, 0.717) is 18.5 Å². The Morgan fingerprint density at radius 3 is 2.62 bits per heavy atom. The van der Waals surface area contributed by atoms with Crippen molar-refractivity contribution in [2.24, 2.45) is 0 Å². The highest BCUT2D eigenvalue weighted by Crippen LogP contribution is 2.18. The van der Waals surface area contributed by atoms with Crippen LogP contribution >= 0.6 is 11.6 Å². The topological polar surface area (TPSA) is 37.4 Å². The molecule has 1 aliphatic rings. The number of imide groups is 1. The molecule has 84 valence electrons. The molecule has 4 heteroatoms. The van der Waals surface area contributed by atoms with Crippen LogP contribution in [0.2, 0.25) is 0 Å². The smallest absolute Gasteiger partial charge is 0.260 e. The molecule has 1 heterocycles. The first-order valence-electron chi connectivity index (χ1n) is 5.22. The van der Waals surface area contributed by atoms with Crippen LogP contribution in [-0.4, -0.2) is 28.6 Å². The third-order valence-corrected chi connectivity index (χ3v) is 3.00. The van der Waals surface area contributed by atoms with Gasteiger partial charge < -0.3 is 0 Å². The molecule has 1 unspecified atom stereocenters. The molecule has 2 rings (SSSR count). The summed E-state index contributed by atoms with van der Waals surface area (Å²) < 4.78 is 0. The van der Waals surface area contributed by atoms with Crippen LogP contribution in [0.4, 0.5) is 0 Å². The molecule has 1 saturated heterocycles. The highest BCUT2D eigenvalue weighted by molar-refractivity contribution is 6.22. The van der Waals surface area contributed by atoms with Crippen molar-refractivity contribution in [1.82, 2.24) is 4.90 Å². The Bertz CT molecular complexity index is 405.